The zero-order valence-corrected chi connectivity index (χ0v) is 16.0. The molecule has 0 saturated heterocycles. The van der Waals surface area contributed by atoms with Gasteiger partial charge in [0.15, 0.2) is 5.69 Å². The summed E-state index contributed by atoms with van der Waals surface area (Å²) in [6.45, 7) is 0. The van der Waals surface area contributed by atoms with E-state index in [1.807, 2.05) is 4.98 Å². The molecule has 0 spiro atoms. The fraction of sp³-hybridized carbons (Fsp3) is 0. The third-order valence-corrected chi connectivity index (χ3v) is 4.83. The summed E-state index contributed by atoms with van der Waals surface area (Å²) in [6, 6.07) is 9.94. The maximum absolute atomic E-state index is 12.8. The van der Waals surface area contributed by atoms with Crippen LogP contribution in [0, 0.1) is 0 Å². The molecule has 0 atom stereocenters. The molecule has 28 heavy (non-hydrogen) atoms. The third kappa shape index (κ3) is 3.47. The molecule has 0 bridgehead atoms. The summed E-state index contributed by atoms with van der Waals surface area (Å²) in [5.41, 5.74) is -3.89. The molecule has 0 fully saturated rings. The van der Waals surface area contributed by atoms with E-state index in [1.165, 1.54) is 18.2 Å². The van der Waals surface area contributed by atoms with Gasteiger partial charge in [-0.05, 0) is 12.1 Å². The molecule has 7 nitrogen and oxygen atoms in total. The topological polar surface area (TPSA) is 109 Å². The molecule has 0 aliphatic rings. The van der Waals surface area contributed by atoms with Gasteiger partial charge in [0, 0.05) is 5.56 Å². The minimum atomic E-state index is -1.68. The fourth-order valence-corrected chi connectivity index (χ4v) is 3.22. The van der Waals surface area contributed by atoms with Gasteiger partial charge < -0.3 is 5.11 Å². The average Bonchev–Trinajstić information content (AvgIpc) is 2.64. The number of nitrogens with zero attached hydrogens (tertiary/aromatic N) is 1. The van der Waals surface area contributed by atoms with E-state index in [9.17, 15) is 24.3 Å². The van der Waals surface area contributed by atoms with Crippen LogP contribution in [-0.4, -0.2) is 26.4 Å². The average molecular weight is 440 g/mol. The number of rotatable bonds is 4. The van der Waals surface area contributed by atoms with Crippen molar-refractivity contribution in [2.24, 2.45) is 0 Å². The lowest BCUT2D eigenvalue weighted by Gasteiger charge is -2.14. The van der Waals surface area contributed by atoms with Crippen LogP contribution in [0.4, 0.5) is 0 Å². The van der Waals surface area contributed by atoms with Gasteiger partial charge in [0.2, 0.25) is 5.78 Å². The summed E-state index contributed by atoms with van der Waals surface area (Å²) in [5.74, 6) is -2.55. The second-order valence-corrected chi connectivity index (χ2v) is 6.76. The van der Waals surface area contributed by atoms with E-state index < -0.39 is 34.3 Å². The molecule has 1 heterocycles. The van der Waals surface area contributed by atoms with Crippen LogP contribution in [0.25, 0.3) is 5.69 Å². The zero-order chi connectivity index (χ0) is 20.6. The number of aromatic amines is 1. The number of ketones is 1. The van der Waals surface area contributed by atoms with Gasteiger partial charge >= 0.3 is 11.7 Å². The Morgan fingerprint density at radius 2 is 1.54 bits per heavy atom. The van der Waals surface area contributed by atoms with Crippen LogP contribution >= 0.6 is 34.8 Å². The second-order valence-electron chi connectivity index (χ2n) is 5.54. The monoisotopic (exact) mass is 438 g/mol. The Kier molecular flexibility index (Phi) is 5.42. The lowest BCUT2D eigenvalue weighted by Crippen LogP contribution is -2.38. The highest BCUT2D eigenvalue weighted by atomic mass is 35.5. The molecule has 10 heteroatoms. The first-order chi connectivity index (χ1) is 13.2. The van der Waals surface area contributed by atoms with Gasteiger partial charge in [0.1, 0.15) is 5.56 Å². The Hall–Kier alpha value is -2.87. The predicted octanol–water partition coefficient (Wildman–Crippen LogP) is 3.42. The maximum atomic E-state index is 12.8. The summed E-state index contributed by atoms with van der Waals surface area (Å²) >= 11 is 17.9. The fourth-order valence-electron chi connectivity index (χ4n) is 2.60. The number of hydrogen-bond donors (Lipinski definition) is 2. The number of carboxylic acids is 1. The van der Waals surface area contributed by atoms with E-state index in [0.29, 0.717) is 4.57 Å². The van der Waals surface area contributed by atoms with Crippen molar-refractivity contribution in [2.45, 2.75) is 0 Å². The van der Waals surface area contributed by atoms with Gasteiger partial charge in [-0.15, -0.1) is 0 Å². The smallest absolute Gasteiger partial charge is 0.354 e. The molecule has 142 valence electrons. The Morgan fingerprint density at radius 3 is 2.14 bits per heavy atom. The van der Waals surface area contributed by atoms with Crippen molar-refractivity contribution >= 4 is 46.6 Å². The lowest BCUT2D eigenvalue weighted by atomic mass is 10.0. The highest BCUT2D eigenvalue weighted by Crippen LogP contribution is 2.31. The minimum absolute atomic E-state index is 0.00792. The van der Waals surface area contributed by atoms with Crippen molar-refractivity contribution < 1.29 is 14.7 Å². The highest BCUT2D eigenvalue weighted by Gasteiger charge is 2.28. The van der Waals surface area contributed by atoms with Crippen molar-refractivity contribution in [3.63, 3.8) is 0 Å². The van der Waals surface area contributed by atoms with Gasteiger partial charge in [-0.1, -0.05) is 65.1 Å². The van der Waals surface area contributed by atoms with Gasteiger partial charge in [-0.2, -0.15) is 0 Å². The number of aromatic carboxylic acids is 1. The van der Waals surface area contributed by atoms with E-state index in [4.69, 9.17) is 34.8 Å². The van der Waals surface area contributed by atoms with E-state index >= 15 is 0 Å². The van der Waals surface area contributed by atoms with Crippen molar-refractivity contribution in [2.75, 3.05) is 0 Å². The quantitative estimate of drug-likeness (QED) is 0.478. The molecule has 0 radical (unpaired) electrons. The van der Waals surface area contributed by atoms with Crippen LogP contribution in [0.5, 0.6) is 0 Å². The van der Waals surface area contributed by atoms with Gasteiger partial charge in [0.25, 0.3) is 5.56 Å². The minimum Gasteiger partial charge on any atom is -0.477 e. The van der Waals surface area contributed by atoms with E-state index in [0.717, 1.165) is 6.07 Å². The standard InChI is InChI=1S/C18H9Cl3N2O5/c19-9-6-11(21)12(7-10(9)20)23-14(17(26)27)13(16(25)22-18(23)28)15(24)8-4-2-1-3-5-8/h1-7H,(H,26,27)(H,22,25,28). The van der Waals surface area contributed by atoms with Crippen LogP contribution in [0.3, 0.4) is 0 Å². The number of nitrogens with one attached hydrogen (secondary N) is 1. The zero-order valence-electron chi connectivity index (χ0n) is 13.7. The molecule has 3 aromatic rings. The SMILES string of the molecule is O=C(c1ccccc1)c1c(C(=O)O)n(-c2cc(Cl)c(Cl)cc2Cl)c(=O)[nH]c1=O. The molecule has 0 amide bonds. The Bertz CT molecular complexity index is 1230. The predicted molar refractivity (Wildman–Crippen MR) is 105 cm³/mol. The number of carboxylic acid groups (broad SMARTS) is 1. The van der Waals surface area contributed by atoms with Gasteiger partial charge in [-0.3, -0.25) is 19.1 Å². The molecular formula is C18H9Cl3N2O5. The summed E-state index contributed by atoms with van der Waals surface area (Å²) in [5, 5.41) is 9.66. The molecule has 0 aliphatic carbocycles. The summed E-state index contributed by atoms with van der Waals surface area (Å²) in [6.07, 6.45) is 0. The third-order valence-electron chi connectivity index (χ3n) is 3.81. The van der Waals surface area contributed by atoms with E-state index in [-0.39, 0.29) is 26.3 Å². The Balaban J connectivity index is 2.42. The highest BCUT2D eigenvalue weighted by molar-refractivity contribution is 6.43. The molecular weight excluding hydrogens is 431 g/mol. The van der Waals surface area contributed by atoms with Crippen molar-refractivity contribution in [1.82, 2.24) is 9.55 Å². The summed E-state index contributed by atoms with van der Waals surface area (Å²) in [4.78, 5) is 51.5. The largest absolute Gasteiger partial charge is 0.477 e. The number of carbonyl (C=O) groups is 2. The molecule has 1 aromatic heterocycles. The van der Waals surface area contributed by atoms with Crippen molar-refractivity contribution in [3.8, 4) is 5.69 Å². The maximum Gasteiger partial charge on any atom is 0.354 e. The van der Waals surface area contributed by atoms with Gasteiger partial charge in [-0.25, -0.2) is 9.59 Å². The first kappa shape index (κ1) is 19.9. The van der Waals surface area contributed by atoms with Crippen molar-refractivity contribution in [3.05, 3.63) is 95.2 Å². The Labute approximate surface area is 171 Å². The molecule has 2 N–H and O–H groups in total. The normalized spacial score (nSPS) is 10.7. The first-order valence-electron chi connectivity index (χ1n) is 7.59. The molecule has 3 rings (SSSR count). The second kappa shape index (κ2) is 7.63. The number of carbonyl (C=O) groups excluding carboxylic acids is 1. The van der Waals surface area contributed by atoms with Crippen molar-refractivity contribution in [1.29, 1.82) is 0 Å². The van der Waals surface area contributed by atoms with Crippen LogP contribution in [0.2, 0.25) is 15.1 Å². The number of H-pyrrole nitrogens is 1. The summed E-state index contributed by atoms with van der Waals surface area (Å²) < 4.78 is 0.602. The van der Waals surface area contributed by atoms with Crippen LogP contribution in [0.15, 0.2) is 52.1 Å². The lowest BCUT2D eigenvalue weighted by molar-refractivity contribution is 0.0681. The Morgan fingerprint density at radius 1 is 0.929 bits per heavy atom. The molecule has 0 unspecified atom stereocenters. The van der Waals surface area contributed by atoms with Crippen LogP contribution in [-0.2, 0) is 0 Å². The van der Waals surface area contributed by atoms with Crippen LogP contribution in [0.1, 0.15) is 26.4 Å². The van der Waals surface area contributed by atoms with Gasteiger partial charge in [0.05, 0.1) is 20.8 Å². The van der Waals surface area contributed by atoms with E-state index in [1.54, 1.807) is 18.2 Å². The molecule has 0 aliphatic heterocycles. The van der Waals surface area contributed by atoms with Crippen LogP contribution < -0.4 is 11.2 Å². The number of hydrogen-bond acceptors (Lipinski definition) is 4. The molecule has 0 saturated carbocycles. The first-order valence-corrected chi connectivity index (χ1v) is 8.73. The molecule has 2 aromatic carbocycles. The summed E-state index contributed by atoms with van der Waals surface area (Å²) in [7, 11) is 0. The number of aromatic nitrogens is 2. The number of halogens is 3. The number of benzene rings is 2. The van der Waals surface area contributed by atoms with E-state index in [2.05, 4.69) is 0 Å².